The molecule has 0 saturated heterocycles. The molecule has 0 atom stereocenters. The first-order valence-electron chi connectivity index (χ1n) is 4.58. The Morgan fingerprint density at radius 2 is 1.60 bits per heavy atom. The van der Waals surface area contributed by atoms with Crippen LogP contribution in [0.5, 0.6) is 0 Å². The summed E-state index contributed by atoms with van der Waals surface area (Å²) in [6.07, 6.45) is 0. The van der Waals surface area contributed by atoms with E-state index in [1.165, 1.54) is 0 Å². The van der Waals surface area contributed by atoms with E-state index in [4.69, 9.17) is 23.1 Å². The molecular weight excluding hydrogens is 208 g/mol. The monoisotopic (exact) mass is 218 g/mol. The van der Waals surface area contributed by atoms with Crippen molar-refractivity contribution < 1.29 is 0 Å². The number of nitrogen functional groups attached to an aromatic ring is 2. The molecule has 0 heterocycles. The average molecular weight is 219 g/mol. The molecule has 2 rings (SSSR count). The number of anilines is 2. The van der Waals surface area contributed by atoms with Gasteiger partial charge in [0.1, 0.15) is 0 Å². The second-order valence-corrected chi connectivity index (χ2v) is 3.74. The van der Waals surface area contributed by atoms with Crippen LogP contribution in [0, 0.1) is 0 Å². The van der Waals surface area contributed by atoms with Gasteiger partial charge in [-0.3, -0.25) is 0 Å². The van der Waals surface area contributed by atoms with Crippen molar-refractivity contribution in [2.75, 3.05) is 11.5 Å². The van der Waals surface area contributed by atoms with E-state index >= 15 is 0 Å². The van der Waals surface area contributed by atoms with Gasteiger partial charge in [0, 0.05) is 11.3 Å². The summed E-state index contributed by atoms with van der Waals surface area (Å²) in [7, 11) is 0. The third-order valence-corrected chi connectivity index (χ3v) is 2.55. The van der Waals surface area contributed by atoms with Crippen molar-refractivity contribution in [3.8, 4) is 11.1 Å². The highest BCUT2D eigenvalue weighted by Crippen LogP contribution is 2.33. The molecule has 0 spiro atoms. The molecular formula is C12H11ClN2. The predicted molar refractivity (Wildman–Crippen MR) is 65.7 cm³/mol. The van der Waals surface area contributed by atoms with Crippen LogP contribution in [0.1, 0.15) is 0 Å². The quantitative estimate of drug-likeness (QED) is 0.723. The summed E-state index contributed by atoms with van der Waals surface area (Å²) in [6, 6.07) is 13.3. The van der Waals surface area contributed by atoms with Gasteiger partial charge >= 0.3 is 0 Å². The maximum atomic E-state index is 5.96. The molecule has 0 fully saturated rings. The third kappa shape index (κ3) is 1.90. The number of halogens is 1. The lowest BCUT2D eigenvalue weighted by molar-refractivity contribution is 1.60. The molecule has 0 amide bonds. The van der Waals surface area contributed by atoms with E-state index in [2.05, 4.69) is 0 Å². The van der Waals surface area contributed by atoms with Gasteiger partial charge < -0.3 is 11.5 Å². The summed E-state index contributed by atoms with van der Waals surface area (Å²) in [6.45, 7) is 0. The zero-order valence-corrected chi connectivity index (χ0v) is 8.83. The van der Waals surface area contributed by atoms with Gasteiger partial charge in [0.2, 0.25) is 0 Å². The molecule has 0 bridgehead atoms. The number of hydrogen-bond donors (Lipinski definition) is 2. The Morgan fingerprint density at radius 3 is 2.27 bits per heavy atom. The first-order chi connectivity index (χ1) is 7.18. The van der Waals surface area contributed by atoms with E-state index in [0.717, 1.165) is 11.1 Å². The second kappa shape index (κ2) is 3.83. The molecule has 0 aliphatic rings. The summed E-state index contributed by atoms with van der Waals surface area (Å²) in [5.41, 5.74) is 14.7. The van der Waals surface area contributed by atoms with Crippen molar-refractivity contribution in [3.05, 3.63) is 47.5 Å². The van der Waals surface area contributed by atoms with Gasteiger partial charge in [-0.15, -0.1) is 0 Å². The maximum Gasteiger partial charge on any atom is 0.0662 e. The van der Waals surface area contributed by atoms with E-state index in [-0.39, 0.29) is 0 Å². The van der Waals surface area contributed by atoms with Crippen molar-refractivity contribution in [2.24, 2.45) is 0 Å². The minimum atomic E-state index is 0.494. The van der Waals surface area contributed by atoms with E-state index < -0.39 is 0 Å². The first kappa shape index (κ1) is 9.87. The van der Waals surface area contributed by atoms with Crippen LogP contribution in [-0.2, 0) is 0 Å². The van der Waals surface area contributed by atoms with Gasteiger partial charge in [0.15, 0.2) is 0 Å². The molecule has 15 heavy (non-hydrogen) atoms. The third-order valence-electron chi connectivity index (χ3n) is 2.24. The topological polar surface area (TPSA) is 52.0 Å². The van der Waals surface area contributed by atoms with Gasteiger partial charge in [0.25, 0.3) is 0 Å². The normalized spacial score (nSPS) is 10.2. The summed E-state index contributed by atoms with van der Waals surface area (Å²) in [5.74, 6) is 0. The second-order valence-electron chi connectivity index (χ2n) is 3.33. The minimum Gasteiger partial charge on any atom is -0.399 e. The lowest BCUT2D eigenvalue weighted by atomic mass is 10.0. The predicted octanol–water partition coefficient (Wildman–Crippen LogP) is 3.17. The highest BCUT2D eigenvalue weighted by Gasteiger charge is 2.06. The maximum absolute atomic E-state index is 5.96. The van der Waals surface area contributed by atoms with Crippen LogP contribution in [0.3, 0.4) is 0 Å². The summed E-state index contributed by atoms with van der Waals surface area (Å²) in [5, 5.41) is 0.494. The molecule has 2 aromatic rings. The van der Waals surface area contributed by atoms with E-state index in [0.29, 0.717) is 16.4 Å². The van der Waals surface area contributed by atoms with Crippen molar-refractivity contribution in [3.63, 3.8) is 0 Å². The number of nitrogens with two attached hydrogens (primary N) is 2. The Morgan fingerprint density at radius 1 is 0.933 bits per heavy atom. The van der Waals surface area contributed by atoms with Crippen LogP contribution >= 0.6 is 11.6 Å². The molecule has 2 aromatic carbocycles. The Labute approximate surface area is 93.5 Å². The van der Waals surface area contributed by atoms with Crippen LogP contribution in [0.4, 0.5) is 11.4 Å². The van der Waals surface area contributed by atoms with Gasteiger partial charge in [0.05, 0.1) is 10.7 Å². The minimum absolute atomic E-state index is 0.494. The lowest BCUT2D eigenvalue weighted by Gasteiger charge is -2.08. The van der Waals surface area contributed by atoms with Crippen molar-refractivity contribution in [1.82, 2.24) is 0 Å². The van der Waals surface area contributed by atoms with E-state index in [9.17, 15) is 0 Å². The summed E-state index contributed by atoms with van der Waals surface area (Å²) in [4.78, 5) is 0. The molecule has 0 aromatic heterocycles. The van der Waals surface area contributed by atoms with Gasteiger partial charge in [-0.25, -0.2) is 0 Å². The first-order valence-corrected chi connectivity index (χ1v) is 4.96. The van der Waals surface area contributed by atoms with E-state index in [1.54, 1.807) is 6.07 Å². The fourth-order valence-corrected chi connectivity index (χ4v) is 1.72. The molecule has 2 nitrogen and oxygen atoms in total. The van der Waals surface area contributed by atoms with Gasteiger partial charge in [-0.2, -0.15) is 0 Å². The molecule has 76 valence electrons. The zero-order valence-electron chi connectivity index (χ0n) is 8.07. The largest absolute Gasteiger partial charge is 0.399 e. The Balaban J connectivity index is 2.63. The van der Waals surface area contributed by atoms with E-state index in [1.807, 2.05) is 36.4 Å². The molecule has 0 unspecified atom stereocenters. The van der Waals surface area contributed by atoms with Crippen LogP contribution in [0.25, 0.3) is 11.1 Å². The van der Waals surface area contributed by atoms with Crippen molar-refractivity contribution >= 4 is 23.0 Å². The molecule has 0 aliphatic carbocycles. The Hall–Kier alpha value is -1.67. The lowest BCUT2D eigenvalue weighted by Crippen LogP contribution is -1.94. The Kier molecular flexibility index (Phi) is 2.52. The molecule has 0 radical (unpaired) electrons. The highest BCUT2D eigenvalue weighted by molar-refractivity contribution is 6.34. The van der Waals surface area contributed by atoms with Crippen molar-refractivity contribution in [2.45, 2.75) is 0 Å². The SMILES string of the molecule is Nc1cc(Cl)c(N)c(-c2ccccc2)c1. The van der Waals surface area contributed by atoms with Crippen LogP contribution in [-0.4, -0.2) is 0 Å². The standard InChI is InChI=1S/C12H11ClN2/c13-11-7-9(14)6-10(12(11)15)8-4-2-1-3-5-8/h1-7H,14-15H2. The number of hydrogen-bond acceptors (Lipinski definition) is 2. The summed E-state index contributed by atoms with van der Waals surface area (Å²) < 4.78 is 0. The van der Waals surface area contributed by atoms with Crippen LogP contribution < -0.4 is 11.5 Å². The number of rotatable bonds is 1. The fraction of sp³-hybridized carbons (Fsp3) is 0. The van der Waals surface area contributed by atoms with Crippen molar-refractivity contribution in [1.29, 1.82) is 0 Å². The highest BCUT2D eigenvalue weighted by atomic mass is 35.5. The smallest absolute Gasteiger partial charge is 0.0662 e. The molecule has 3 heteroatoms. The summed E-state index contributed by atoms with van der Waals surface area (Å²) >= 11 is 5.96. The molecule has 0 aliphatic heterocycles. The number of benzene rings is 2. The fourth-order valence-electron chi connectivity index (χ4n) is 1.50. The van der Waals surface area contributed by atoms with Crippen LogP contribution in [0.2, 0.25) is 5.02 Å². The zero-order chi connectivity index (χ0) is 10.8. The molecule has 0 saturated carbocycles. The van der Waals surface area contributed by atoms with Gasteiger partial charge in [-0.1, -0.05) is 41.9 Å². The average Bonchev–Trinajstić information content (AvgIpc) is 2.24. The Bertz CT molecular complexity index is 480. The molecule has 4 N–H and O–H groups in total. The van der Waals surface area contributed by atoms with Crippen LogP contribution in [0.15, 0.2) is 42.5 Å². The van der Waals surface area contributed by atoms with Gasteiger partial charge in [-0.05, 0) is 17.7 Å².